The summed E-state index contributed by atoms with van der Waals surface area (Å²) in [6.07, 6.45) is 10.3. The second kappa shape index (κ2) is 24.4. The molecule has 0 amide bonds. The summed E-state index contributed by atoms with van der Waals surface area (Å²) in [5, 5.41) is 48.3. The average Bonchev–Trinajstić information content (AvgIpc) is 4.03. The van der Waals surface area contributed by atoms with Gasteiger partial charge < -0.3 is 57.0 Å². The van der Waals surface area contributed by atoms with Crippen LogP contribution < -0.4 is 22.1 Å². The molecule has 0 atom stereocenters. The first-order valence-corrected chi connectivity index (χ1v) is 21.8. The lowest BCUT2D eigenvalue weighted by Gasteiger charge is -2.12. The zero-order valence-electron chi connectivity index (χ0n) is 38.1. The Kier molecular flexibility index (Phi) is 18.5. The Morgan fingerprint density at radius 2 is 1.31 bits per heavy atom. The zero-order chi connectivity index (χ0) is 46.9. The molecule has 5 aromatic heterocycles. The number of likely N-dealkylation sites (N-methyl/N-ethyl adjacent to an activating group) is 3. The molecule has 0 bridgehead atoms. The standard InChI is InChI=1S/C11H16N4O2.C8H10N4O2.C8H14N4.C8H13N3.C7H12N4/c1-4-6-13(3)7-8-14-10(5-2)9-11(12-14)15(16)17;1-10-3-2-7-6-8(12(13)14)9-11(7)5-4-10;1-11-3-2-7-6-8(9)10-12(7)5-4-11;1-7-6-8-2-3-9-4-5-11(8)10-7;8-7-5-6-1-2-9-3-4-11(6)10-7/h4-5,9H,1-2,6-8H2,3H3;2-3,6H,4-5H2,1H3;6H,2-5H2,1H3,(H2,9,10);6,9H,2-5H2,1H3;5,9H,1-4H2,(H2,8,10). The lowest BCUT2D eigenvalue weighted by Crippen LogP contribution is -2.24. The molecule has 0 fully saturated rings. The number of rotatable bonds is 8. The highest BCUT2D eigenvalue weighted by atomic mass is 16.6. The summed E-state index contributed by atoms with van der Waals surface area (Å²) in [4.78, 5) is 26.5. The third-order valence-electron chi connectivity index (χ3n) is 10.8. The van der Waals surface area contributed by atoms with Crippen molar-refractivity contribution in [3.05, 3.63) is 110 Å². The molecule has 0 aromatic carbocycles. The average molecular weight is 900 g/mol. The summed E-state index contributed by atoms with van der Waals surface area (Å²) in [7, 11) is 6.04. The van der Waals surface area contributed by atoms with Gasteiger partial charge in [0.1, 0.15) is 11.6 Å². The van der Waals surface area contributed by atoms with Gasteiger partial charge in [-0.25, -0.2) is 0 Å². The Balaban J connectivity index is 0.000000154. The highest BCUT2D eigenvalue weighted by Gasteiger charge is 2.19. The van der Waals surface area contributed by atoms with Gasteiger partial charge in [-0.3, -0.25) is 14.0 Å². The second-order valence-corrected chi connectivity index (χ2v) is 16.0. The number of hydrogen-bond donors (Lipinski definition) is 4. The molecule has 23 nitrogen and oxygen atoms in total. The normalized spacial score (nSPS) is 15.4. The molecule has 352 valence electrons. The first-order valence-electron chi connectivity index (χ1n) is 21.8. The van der Waals surface area contributed by atoms with Crippen LogP contribution in [0, 0.1) is 27.2 Å². The predicted molar refractivity (Wildman–Crippen MR) is 252 cm³/mol. The van der Waals surface area contributed by atoms with E-state index in [1.165, 1.54) is 29.2 Å². The number of nitrogen functional groups attached to an aromatic ring is 2. The van der Waals surface area contributed by atoms with Crippen molar-refractivity contribution in [1.82, 2.24) is 74.2 Å². The van der Waals surface area contributed by atoms with E-state index in [-0.39, 0.29) is 11.6 Å². The smallest absolute Gasteiger partial charge is 0.382 e. The number of anilines is 2. The second-order valence-electron chi connectivity index (χ2n) is 16.0. The van der Waals surface area contributed by atoms with Gasteiger partial charge in [-0.15, -0.1) is 6.58 Å². The largest absolute Gasteiger partial charge is 0.390 e. The van der Waals surface area contributed by atoms with Crippen molar-refractivity contribution in [2.24, 2.45) is 0 Å². The monoisotopic (exact) mass is 900 g/mol. The van der Waals surface area contributed by atoms with E-state index >= 15 is 0 Å². The third-order valence-corrected chi connectivity index (χ3v) is 10.8. The van der Waals surface area contributed by atoms with Crippen LogP contribution in [-0.2, 0) is 52.0 Å². The molecular weight excluding hydrogens is 835 g/mol. The number of nitrogens with zero attached hydrogens (tertiary/aromatic N) is 15. The molecule has 5 aromatic rings. The predicted octanol–water partition coefficient (Wildman–Crippen LogP) is 2.16. The number of aromatic nitrogens is 10. The van der Waals surface area contributed by atoms with E-state index in [1.54, 1.807) is 21.5 Å². The number of aryl methyl sites for hydroxylation is 1. The molecule has 4 aliphatic rings. The Morgan fingerprint density at radius 1 is 0.723 bits per heavy atom. The van der Waals surface area contributed by atoms with Gasteiger partial charge in [0.05, 0.1) is 72.1 Å². The van der Waals surface area contributed by atoms with E-state index in [4.69, 9.17) is 11.5 Å². The maximum absolute atomic E-state index is 10.6. The van der Waals surface area contributed by atoms with E-state index in [9.17, 15) is 20.2 Å². The van der Waals surface area contributed by atoms with E-state index in [1.807, 2.05) is 57.7 Å². The summed E-state index contributed by atoms with van der Waals surface area (Å²) >= 11 is 0. The van der Waals surface area contributed by atoms with Gasteiger partial charge in [0.2, 0.25) is 0 Å². The summed E-state index contributed by atoms with van der Waals surface area (Å²) < 4.78 is 9.34. The van der Waals surface area contributed by atoms with Crippen LogP contribution >= 0.6 is 0 Å². The Morgan fingerprint density at radius 3 is 1.94 bits per heavy atom. The number of fused-ring (bicyclic) bond motifs is 4. The molecule has 0 spiro atoms. The van der Waals surface area contributed by atoms with Gasteiger partial charge in [0, 0.05) is 121 Å². The van der Waals surface area contributed by atoms with Crippen LogP contribution in [0.2, 0.25) is 0 Å². The summed E-state index contributed by atoms with van der Waals surface area (Å²) in [6.45, 7) is 22.1. The lowest BCUT2D eigenvalue weighted by molar-refractivity contribution is -0.390. The maximum atomic E-state index is 10.6. The fourth-order valence-corrected chi connectivity index (χ4v) is 7.25. The van der Waals surface area contributed by atoms with Gasteiger partial charge in [0.25, 0.3) is 0 Å². The summed E-state index contributed by atoms with van der Waals surface area (Å²) in [6, 6.07) is 9.00. The molecule has 65 heavy (non-hydrogen) atoms. The highest BCUT2D eigenvalue weighted by molar-refractivity contribution is 5.48. The van der Waals surface area contributed by atoms with Gasteiger partial charge in [-0.2, -0.15) is 24.7 Å². The number of nitrogens with one attached hydrogen (secondary N) is 2. The van der Waals surface area contributed by atoms with Crippen LogP contribution in [0.25, 0.3) is 12.2 Å². The molecule has 0 radical (unpaired) electrons. The zero-order valence-corrected chi connectivity index (χ0v) is 38.1. The maximum Gasteiger partial charge on any atom is 0.390 e. The fourth-order valence-electron chi connectivity index (χ4n) is 7.25. The molecule has 0 aliphatic carbocycles. The van der Waals surface area contributed by atoms with E-state index in [0.29, 0.717) is 30.4 Å². The van der Waals surface area contributed by atoms with Crippen molar-refractivity contribution in [2.75, 3.05) is 91.5 Å². The van der Waals surface area contributed by atoms with Gasteiger partial charge in [-0.1, -0.05) is 12.7 Å². The number of nitro groups is 2. The van der Waals surface area contributed by atoms with Crippen LogP contribution in [-0.4, -0.2) is 153 Å². The number of hydrogen-bond acceptors (Lipinski definition) is 16. The lowest BCUT2D eigenvalue weighted by atomic mass is 10.3. The fraction of sp³-hybridized carbons (Fsp3) is 0.500. The Bertz CT molecular complexity index is 2230. The van der Waals surface area contributed by atoms with Gasteiger partial charge >= 0.3 is 11.6 Å². The van der Waals surface area contributed by atoms with Crippen LogP contribution in [0.3, 0.4) is 0 Å². The van der Waals surface area contributed by atoms with Crippen LogP contribution in [0.4, 0.5) is 23.3 Å². The SMILES string of the molecule is C=CCN(C)CCn1nc([N+](=O)[O-])cc1C=C.CN1C=Cc2cc([N+](=O)[O-])nn2CC1.CN1CCc2cc(N)nn2CC1.Cc1cc2n(n1)CCNCC2.Nc1cc2n(n1)CCNCC2. The van der Waals surface area contributed by atoms with Crippen molar-refractivity contribution in [3.63, 3.8) is 0 Å². The molecule has 9 heterocycles. The van der Waals surface area contributed by atoms with Gasteiger partial charge in [0.15, 0.2) is 0 Å². The van der Waals surface area contributed by atoms with E-state index in [2.05, 4.69) is 78.9 Å². The van der Waals surface area contributed by atoms with E-state index < -0.39 is 9.85 Å². The summed E-state index contributed by atoms with van der Waals surface area (Å²) in [5.41, 5.74) is 17.6. The van der Waals surface area contributed by atoms with Crippen molar-refractivity contribution in [2.45, 2.75) is 58.9 Å². The third kappa shape index (κ3) is 15.2. The minimum absolute atomic E-state index is 0.0887. The van der Waals surface area contributed by atoms with E-state index in [0.717, 1.165) is 109 Å². The molecule has 0 saturated heterocycles. The summed E-state index contributed by atoms with van der Waals surface area (Å²) in [5.74, 6) is 1.05. The number of nitrogens with two attached hydrogens (primary N) is 2. The molecule has 4 aliphatic heterocycles. The van der Waals surface area contributed by atoms with Crippen molar-refractivity contribution < 1.29 is 9.85 Å². The molecule has 9 rings (SSSR count). The minimum Gasteiger partial charge on any atom is -0.382 e. The van der Waals surface area contributed by atoms with Crippen molar-refractivity contribution in [1.29, 1.82) is 0 Å². The van der Waals surface area contributed by atoms with Crippen LogP contribution in [0.1, 0.15) is 34.2 Å². The first kappa shape index (κ1) is 49.3. The van der Waals surface area contributed by atoms with Crippen LogP contribution in [0.15, 0.2) is 55.8 Å². The topological polar surface area (TPSA) is 261 Å². The molecule has 6 N–H and O–H groups in total. The molecule has 0 unspecified atom stereocenters. The van der Waals surface area contributed by atoms with Crippen molar-refractivity contribution >= 4 is 35.4 Å². The Labute approximate surface area is 379 Å². The van der Waals surface area contributed by atoms with Crippen molar-refractivity contribution in [3.8, 4) is 0 Å². The van der Waals surface area contributed by atoms with Gasteiger partial charge in [-0.05, 0) is 49.1 Å². The minimum atomic E-state index is -0.503. The molecule has 23 heteroatoms. The van der Waals surface area contributed by atoms with Crippen LogP contribution in [0.5, 0.6) is 0 Å². The molecule has 0 saturated carbocycles. The quantitative estimate of drug-likeness (QED) is 0.0988. The first-order chi connectivity index (χ1) is 31.2. The highest BCUT2D eigenvalue weighted by Crippen LogP contribution is 2.16. The molecular formula is C42H65N19O4. The Hall–Kier alpha value is -6.69.